The number of nitrogens with zero attached hydrogens (tertiary/aromatic N) is 6. The highest BCUT2D eigenvalue weighted by Gasteiger charge is 2.20. The van der Waals surface area contributed by atoms with Crippen LogP contribution in [0, 0.1) is 0 Å². The number of piperazine rings is 1. The molecule has 0 radical (unpaired) electrons. The molecule has 20 heavy (non-hydrogen) atoms. The van der Waals surface area contributed by atoms with Crippen molar-refractivity contribution in [1.82, 2.24) is 25.1 Å². The van der Waals surface area contributed by atoms with Crippen molar-refractivity contribution < 1.29 is 9.15 Å². The fourth-order valence-electron chi connectivity index (χ4n) is 1.99. The summed E-state index contributed by atoms with van der Waals surface area (Å²) in [6.45, 7) is 3.72. The minimum absolute atomic E-state index is 0.352. The van der Waals surface area contributed by atoms with Crippen molar-refractivity contribution in [3.8, 4) is 17.5 Å². The maximum atomic E-state index is 5.67. The maximum absolute atomic E-state index is 5.67. The van der Waals surface area contributed by atoms with Gasteiger partial charge in [-0.15, -0.1) is 5.10 Å². The summed E-state index contributed by atoms with van der Waals surface area (Å²) in [5.41, 5.74) is 0.511. The first kappa shape index (κ1) is 12.8. The van der Waals surface area contributed by atoms with E-state index >= 15 is 0 Å². The van der Waals surface area contributed by atoms with E-state index in [0.29, 0.717) is 23.5 Å². The Labute approximate surface area is 116 Å². The number of methoxy groups -OCH3 is 1. The van der Waals surface area contributed by atoms with Gasteiger partial charge in [-0.2, -0.15) is 0 Å². The van der Waals surface area contributed by atoms with Crippen molar-refractivity contribution >= 4 is 6.01 Å². The van der Waals surface area contributed by atoms with Crippen LogP contribution in [0.3, 0.4) is 0 Å². The summed E-state index contributed by atoms with van der Waals surface area (Å²) in [6.07, 6.45) is 3.10. The number of likely N-dealkylation sites (N-methyl/N-ethyl adjacent to an activating group) is 1. The van der Waals surface area contributed by atoms with Gasteiger partial charge in [0.25, 0.3) is 5.89 Å². The standard InChI is InChI=1S/C12H16N6O2/c1-17-3-5-18(6-4-17)12-16-15-11(20-12)9-7-13-8-10(14-9)19-2/h7-8H,3-6H2,1-2H3. The van der Waals surface area contributed by atoms with Crippen LogP contribution in [0.2, 0.25) is 0 Å². The van der Waals surface area contributed by atoms with Gasteiger partial charge in [0.1, 0.15) is 5.69 Å². The molecule has 106 valence electrons. The zero-order valence-electron chi connectivity index (χ0n) is 11.5. The summed E-state index contributed by atoms with van der Waals surface area (Å²) in [5, 5.41) is 8.10. The van der Waals surface area contributed by atoms with Crippen molar-refractivity contribution in [2.24, 2.45) is 0 Å². The summed E-state index contributed by atoms with van der Waals surface area (Å²) in [7, 11) is 3.64. The van der Waals surface area contributed by atoms with Crippen LogP contribution in [-0.2, 0) is 0 Å². The van der Waals surface area contributed by atoms with Gasteiger partial charge in [-0.3, -0.25) is 4.98 Å². The summed E-state index contributed by atoms with van der Waals surface area (Å²) >= 11 is 0. The third-order valence-electron chi connectivity index (χ3n) is 3.23. The molecule has 3 rings (SSSR count). The molecule has 8 heteroatoms. The summed E-state index contributed by atoms with van der Waals surface area (Å²) in [5.74, 6) is 0.771. The lowest BCUT2D eigenvalue weighted by atomic mass is 10.3. The molecule has 0 saturated carbocycles. The molecule has 0 atom stereocenters. The second kappa shape index (κ2) is 5.41. The van der Waals surface area contributed by atoms with E-state index in [1.165, 1.54) is 13.3 Å². The molecule has 3 heterocycles. The highest BCUT2D eigenvalue weighted by Crippen LogP contribution is 2.21. The average molecular weight is 276 g/mol. The predicted molar refractivity (Wildman–Crippen MR) is 71.6 cm³/mol. The van der Waals surface area contributed by atoms with Crippen molar-refractivity contribution in [3.05, 3.63) is 12.4 Å². The summed E-state index contributed by atoms with van der Waals surface area (Å²) in [6, 6.07) is 0.526. The predicted octanol–water partition coefficient (Wildman–Crippen LogP) is 0.287. The number of anilines is 1. The van der Waals surface area contributed by atoms with Crippen LogP contribution in [0.25, 0.3) is 11.6 Å². The molecule has 2 aromatic rings. The lowest BCUT2D eigenvalue weighted by molar-refractivity contribution is 0.305. The molecule has 0 unspecified atom stereocenters. The smallest absolute Gasteiger partial charge is 0.318 e. The Balaban J connectivity index is 1.79. The molecule has 0 N–H and O–H groups in total. The lowest BCUT2D eigenvalue weighted by Crippen LogP contribution is -2.44. The zero-order chi connectivity index (χ0) is 13.9. The van der Waals surface area contributed by atoms with Gasteiger partial charge in [0.15, 0.2) is 0 Å². The molecule has 0 spiro atoms. The van der Waals surface area contributed by atoms with Gasteiger partial charge in [-0.25, -0.2) is 4.98 Å². The number of ether oxygens (including phenoxy) is 1. The first-order valence-electron chi connectivity index (χ1n) is 6.39. The fourth-order valence-corrected chi connectivity index (χ4v) is 1.99. The summed E-state index contributed by atoms with van der Waals surface area (Å²) in [4.78, 5) is 12.6. The Hall–Kier alpha value is -2.22. The highest BCUT2D eigenvalue weighted by molar-refractivity contribution is 5.46. The van der Waals surface area contributed by atoms with Gasteiger partial charge in [-0.1, -0.05) is 5.10 Å². The molecule has 0 aliphatic carbocycles. The van der Waals surface area contributed by atoms with Gasteiger partial charge < -0.3 is 19.0 Å². The molecule has 1 fully saturated rings. The van der Waals surface area contributed by atoms with E-state index in [4.69, 9.17) is 9.15 Å². The third-order valence-corrected chi connectivity index (χ3v) is 3.23. The van der Waals surface area contributed by atoms with Gasteiger partial charge in [-0.05, 0) is 7.05 Å². The van der Waals surface area contributed by atoms with Crippen LogP contribution >= 0.6 is 0 Å². The molecule has 1 aliphatic heterocycles. The maximum Gasteiger partial charge on any atom is 0.318 e. The second-order valence-corrected chi connectivity index (χ2v) is 4.63. The largest absolute Gasteiger partial charge is 0.480 e. The van der Waals surface area contributed by atoms with Crippen molar-refractivity contribution in [2.45, 2.75) is 0 Å². The molecule has 0 amide bonds. The molecule has 0 bridgehead atoms. The molecule has 1 saturated heterocycles. The minimum atomic E-state index is 0.352. The van der Waals surface area contributed by atoms with Crippen molar-refractivity contribution in [1.29, 1.82) is 0 Å². The highest BCUT2D eigenvalue weighted by atomic mass is 16.5. The Morgan fingerprint density at radius 3 is 2.70 bits per heavy atom. The SMILES string of the molecule is COc1cncc(-c2nnc(N3CCN(C)CC3)o2)n1. The quantitative estimate of drug-likeness (QED) is 0.791. The Morgan fingerprint density at radius 2 is 1.95 bits per heavy atom. The third kappa shape index (κ3) is 2.55. The Bertz CT molecular complexity index is 579. The van der Waals surface area contributed by atoms with Crippen LogP contribution in [-0.4, -0.2) is 65.4 Å². The van der Waals surface area contributed by atoms with E-state index in [0.717, 1.165) is 26.2 Å². The molecule has 2 aromatic heterocycles. The van der Waals surface area contributed by atoms with Crippen LogP contribution in [0.15, 0.2) is 16.8 Å². The van der Waals surface area contributed by atoms with Gasteiger partial charge >= 0.3 is 6.01 Å². The van der Waals surface area contributed by atoms with E-state index in [9.17, 15) is 0 Å². The van der Waals surface area contributed by atoms with Gasteiger partial charge in [0, 0.05) is 26.2 Å². The van der Waals surface area contributed by atoms with E-state index < -0.39 is 0 Å². The number of hydrogen-bond donors (Lipinski definition) is 0. The first-order valence-corrected chi connectivity index (χ1v) is 6.39. The molecule has 8 nitrogen and oxygen atoms in total. The lowest BCUT2D eigenvalue weighted by Gasteiger charge is -2.30. The monoisotopic (exact) mass is 276 g/mol. The zero-order valence-corrected chi connectivity index (χ0v) is 11.5. The first-order chi connectivity index (χ1) is 9.76. The van der Waals surface area contributed by atoms with Crippen LogP contribution in [0.1, 0.15) is 0 Å². The minimum Gasteiger partial charge on any atom is -0.480 e. The Kier molecular flexibility index (Phi) is 3.46. The van der Waals surface area contributed by atoms with Crippen molar-refractivity contribution in [3.63, 3.8) is 0 Å². The molecule has 0 aromatic carbocycles. The van der Waals surface area contributed by atoms with Crippen LogP contribution in [0.4, 0.5) is 6.01 Å². The van der Waals surface area contributed by atoms with E-state index in [1.807, 2.05) is 0 Å². The van der Waals surface area contributed by atoms with Crippen LogP contribution < -0.4 is 9.64 Å². The normalized spacial score (nSPS) is 16.4. The van der Waals surface area contributed by atoms with Gasteiger partial charge in [0.05, 0.1) is 19.5 Å². The Morgan fingerprint density at radius 1 is 1.15 bits per heavy atom. The number of rotatable bonds is 3. The average Bonchev–Trinajstić information content (AvgIpc) is 2.98. The fraction of sp³-hybridized carbons (Fsp3) is 0.500. The van der Waals surface area contributed by atoms with E-state index in [-0.39, 0.29) is 0 Å². The number of hydrogen-bond acceptors (Lipinski definition) is 8. The van der Waals surface area contributed by atoms with E-state index in [1.54, 1.807) is 6.20 Å². The topological polar surface area (TPSA) is 80.4 Å². The molecule has 1 aliphatic rings. The van der Waals surface area contributed by atoms with Crippen LogP contribution in [0.5, 0.6) is 5.88 Å². The van der Waals surface area contributed by atoms with Crippen molar-refractivity contribution in [2.75, 3.05) is 45.2 Å². The second-order valence-electron chi connectivity index (χ2n) is 4.63. The number of aromatic nitrogens is 4. The summed E-state index contributed by atoms with van der Waals surface area (Å²) < 4.78 is 10.7. The van der Waals surface area contributed by atoms with Gasteiger partial charge in [0.2, 0.25) is 5.88 Å². The molecular weight excluding hydrogens is 260 g/mol. The molecular formula is C12H16N6O2. The van der Waals surface area contributed by atoms with E-state index in [2.05, 4.69) is 37.0 Å².